The maximum absolute atomic E-state index is 6.49. The lowest BCUT2D eigenvalue weighted by atomic mass is 9.76. The van der Waals surface area contributed by atoms with Crippen molar-refractivity contribution in [3.63, 3.8) is 0 Å². The molecule has 3 heterocycles. The van der Waals surface area contributed by atoms with Gasteiger partial charge in [0.1, 0.15) is 0 Å². The van der Waals surface area contributed by atoms with Crippen molar-refractivity contribution in [2.75, 3.05) is 4.90 Å². The number of rotatable bonds is 1. The van der Waals surface area contributed by atoms with Crippen molar-refractivity contribution in [2.45, 2.75) is 64.5 Å². The fourth-order valence-electron chi connectivity index (χ4n) is 6.18. The quantitative estimate of drug-likeness (QED) is 0.337. The number of nitrogens with zero attached hydrogens (tertiary/aromatic N) is 2. The second-order valence-electron chi connectivity index (χ2n) is 9.24. The van der Waals surface area contributed by atoms with Crippen molar-refractivity contribution in [2.24, 2.45) is 0 Å². The Kier molecular flexibility index (Phi) is 3.80. The molecule has 0 radical (unpaired) electrons. The van der Waals surface area contributed by atoms with Gasteiger partial charge in [-0.1, -0.05) is 55.7 Å². The largest absolute Gasteiger partial charge is 0.436 e. The Hall–Kier alpha value is -2.81. The molecule has 4 aromatic rings. The molecule has 0 saturated heterocycles. The molecular weight excluding hydrogens is 368 g/mol. The number of pyridine rings is 1. The van der Waals surface area contributed by atoms with E-state index in [9.17, 15) is 0 Å². The number of furan rings is 1. The van der Waals surface area contributed by atoms with Crippen LogP contribution in [0.2, 0.25) is 0 Å². The van der Waals surface area contributed by atoms with Crippen LogP contribution < -0.4 is 4.90 Å². The number of aromatic nitrogens is 1. The van der Waals surface area contributed by atoms with E-state index in [1.54, 1.807) is 0 Å². The average molecular weight is 397 g/mol. The first-order valence-electron chi connectivity index (χ1n) is 11.3. The molecule has 1 fully saturated rings. The first kappa shape index (κ1) is 18.0. The standard InChI is InChI=1S/C27H28N2O/c1-17-11-13-21-22-14-12-18(2)28-26(22)30-25(21)24(17)29-19(3)20-9-5-6-10-23(20)27(29)15-7-4-8-16-27/h5-6,9-14,19H,4,7-8,15-16H2,1-3H3. The summed E-state index contributed by atoms with van der Waals surface area (Å²) in [6.45, 7) is 6.62. The van der Waals surface area contributed by atoms with Crippen molar-refractivity contribution in [1.82, 2.24) is 4.98 Å². The number of hydrogen-bond donors (Lipinski definition) is 0. The third-order valence-corrected chi connectivity index (χ3v) is 7.50. The molecule has 2 aromatic heterocycles. The number of anilines is 1. The molecule has 0 N–H and O–H groups in total. The van der Waals surface area contributed by atoms with E-state index in [-0.39, 0.29) is 5.54 Å². The first-order chi connectivity index (χ1) is 14.6. The van der Waals surface area contributed by atoms with Gasteiger partial charge in [-0.3, -0.25) is 0 Å². The third-order valence-electron chi connectivity index (χ3n) is 7.50. The summed E-state index contributed by atoms with van der Waals surface area (Å²) in [5.74, 6) is 0. The Morgan fingerprint density at radius 2 is 1.70 bits per heavy atom. The molecule has 152 valence electrons. The monoisotopic (exact) mass is 396 g/mol. The van der Waals surface area contributed by atoms with E-state index < -0.39 is 0 Å². The van der Waals surface area contributed by atoms with E-state index in [0.29, 0.717) is 6.04 Å². The molecule has 6 rings (SSSR count). The summed E-state index contributed by atoms with van der Waals surface area (Å²) in [6.07, 6.45) is 6.33. The molecule has 1 aliphatic carbocycles. The Morgan fingerprint density at radius 1 is 0.933 bits per heavy atom. The van der Waals surface area contributed by atoms with Gasteiger partial charge in [0.05, 0.1) is 17.3 Å². The van der Waals surface area contributed by atoms with E-state index in [4.69, 9.17) is 4.42 Å². The van der Waals surface area contributed by atoms with Gasteiger partial charge in [0, 0.05) is 16.5 Å². The maximum atomic E-state index is 6.49. The molecule has 0 amide bonds. The van der Waals surface area contributed by atoms with Crippen LogP contribution in [0, 0.1) is 13.8 Å². The summed E-state index contributed by atoms with van der Waals surface area (Å²) in [5, 5.41) is 2.28. The second kappa shape index (κ2) is 6.34. The Bertz CT molecular complexity index is 1280. The SMILES string of the molecule is Cc1ccc2c(n1)oc1c(N3C(C)c4ccccc4C34CCCCC4)c(C)ccc12. The Labute approximate surface area is 177 Å². The predicted octanol–water partition coefficient (Wildman–Crippen LogP) is 7.34. The molecule has 1 unspecified atom stereocenters. The molecule has 1 aliphatic heterocycles. The molecule has 1 atom stereocenters. The van der Waals surface area contributed by atoms with Crippen molar-refractivity contribution < 1.29 is 4.42 Å². The number of aryl methyl sites for hydroxylation is 2. The Balaban J connectivity index is 1.66. The lowest BCUT2D eigenvalue weighted by Gasteiger charge is -2.46. The predicted molar refractivity (Wildman–Crippen MR) is 123 cm³/mol. The second-order valence-corrected chi connectivity index (χ2v) is 9.24. The van der Waals surface area contributed by atoms with Crippen LogP contribution in [0.15, 0.2) is 52.9 Å². The summed E-state index contributed by atoms with van der Waals surface area (Å²) < 4.78 is 6.49. The van der Waals surface area contributed by atoms with Crippen LogP contribution in [-0.2, 0) is 5.54 Å². The molecule has 2 aliphatic rings. The van der Waals surface area contributed by atoms with Crippen molar-refractivity contribution >= 4 is 27.8 Å². The first-order valence-corrected chi connectivity index (χ1v) is 11.3. The van der Waals surface area contributed by atoms with Gasteiger partial charge in [0.2, 0.25) is 5.71 Å². The highest BCUT2D eigenvalue weighted by Gasteiger charge is 2.50. The summed E-state index contributed by atoms with van der Waals surface area (Å²) in [7, 11) is 0. The normalized spacial score (nSPS) is 20.4. The smallest absolute Gasteiger partial charge is 0.227 e. The van der Waals surface area contributed by atoms with Crippen molar-refractivity contribution in [3.8, 4) is 0 Å². The average Bonchev–Trinajstić information content (AvgIpc) is 3.23. The zero-order valence-corrected chi connectivity index (χ0v) is 18.0. The summed E-state index contributed by atoms with van der Waals surface area (Å²) in [4.78, 5) is 7.40. The van der Waals surface area contributed by atoms with Crippen LogP contribution in [0.25, 0.3) is 22.1 Å². The van der Waals surface area contributed by atoms with Crippen LogP contribution in [0.1, 0.15) is 67.5 Å². The minimum atomic E-state index is 0.0651. The van der Waals surface area contributed by atoms with Crippen LogP contribution in [0.4, 0.5) is 5.69 Å². The van der Waals surface area contributed by atoms with E-state index >= 15 is 0 Å². The molecule has 30 heavy (non-hydrogen) atoms. The van der Waals surface area contributed by atoms with Gasteiger partial charge in [-0.15, -0.1) is 0 Å². The van der Waals surface area contributed by atoms with Crippen LogP contribution >= 0.6 is 0 Å². The van der Waals surface area contributed by atoms with Crippen LogP contribution in [0.5, 0.6) is 0 Å². The highest BCUT2D eigenvalue weighted by atomic mass is 16.3. The van der Waals surface area contributed by atoms with Gasteiger partial charge in [-0.05, 0) is 62.4 Å². The minimum absolute atomic E-state index is 0.0651. The highest BCUT2D eigenvalue weighted by Crippen LogP contribution is 2.57. The van der Waals surface area contributed by atoms with Gasteiger partial charge in [-0.2, -0.15) is 0 Å². The van der Waals surface area contributed by atoms with E-state index in [2.05, 4.69) is 72.3 Å². The molecule has 3 nitrogen and oxygen atoms in total. The molecule has 3 heteroatoms. The molecular formula is C27H28N2O. The van der Waals surface area contributed by atoms with Gasteiger partial charge in [0.15, 0.2) is 5.58 Å². The molecule has 0 bridgehead atoms. The maximum Gasteiger partial charge on any atom is 0.227 e. The number of benzene rings is 2. The van der Waals surface area contributed by atoms with Gasteiger partial charge >= 0.3 is 0 Å². The summed E-state index contributed by atoms with van der Waals surface area (Å²) in [6, 6.07) is 18.1. The van der Waals surface area contributed by atoms with Crippen molar-refractivity contribution in [3.05, 3.63) is 70.9 Å². The fourth-order valence-corrected chi connectivity index (χ4v) is 6.18. The summed E-state index contributed by atoms with van der Waals surface area (Å²) >= 11 is 0. The van der Waals surface area contributed by atoms with E-state index in [1.807, 2.05) is 6.92 Å². The third kappa shape index (κ3) is 2.29. The zero-order valence-electron chi connectivity index (χ0n) is 18.0. The molecule has 1 spiro atoms. The van der Waals surface area contributed by atoms with E-state index in [0.717, 1.165) is 22.4 Å². The summed E-state index contributed by atoms with van der Waals surface area (Å²) in [5.41, 5.74) is 8.34. The lowest BCUT2D eigenvalue weighted by molar-refractivity contribution is 0.284. The van der Waals surface area contributed by atoms with Crippen LogP contribution in [-0.4, -0.2) is 4.98 Å². The number of hydrogen-bond acceptors (Lipinski definition) is 3. The molecule has 1 saturated carbocycles. The van der Waals surface area contributed by atoms with Crippen LogP contribution in [0.3, 0.4) is 0 Å². The topological polar surface area (TPSA) is 29.3 Å². The van der Waals surface area contributed by atoms with Crippen molar-refractivity contribution in [1.29, 1.82) is 0 Å². The lowest BCUT2D eigenvalue weighted by Crippen LogP contribution is -2.44. The van der Waals surface area contributed by atoms with E-state index in [1.165, 1.54) is 59.9 Å². The van der Waals surface area contributed by atoms with Gasteiger partial charge in [0.25, 0.3) is 0 Å². The van der Waals surface area contributed by atoms with Gasteiger partial charge in [-0.25, -0.2) is 4.98 Å². The zero-order chi connectivity index (χ0) is 20.5. The fraction of sp³-hybridized carbons (Fsp3) is 0.370. The minimum Gasteiger partial charge on any atom is -0.436 e. The molecule has 2 aromatic carbocycles. The van der Waals surface area contributed by atoms with Gasteiger partial charge < -0.3 is 9.32 Å². The number of fused-ring (bicyclic) bond motifs is 5. The Morgan fingerprint density at radius 3 is 2.53 bits per heavy atom. The highest BCUT2D eigenvalue weighted by molar-refractivity contribution is 6.08.